The second-order valence-electron chi connectivity index (χ2n) is 4.97. The molecule has 0 fully saturated rings. The summed E-state index contributed by atoms with van der Waals surface area (Å²) in [5, 5.41) is 0. The van der Waals surface area contributed by atoms with E-state index < -0.39 is 0 Å². The number of fused-ring (bicyclic) bond motifs is 1. The van der Waals surface area contributed by atoms with Gasteiger partial charge in [-0.15, -0.1) is 0 Å². The highest BCUT2D eigenvalue weighted by atomic mass is 16.5. The van der Waals surface area contributed by atoms with Crippen LogP contribution in [0.4, 0.5) is 0 Å². The van der Waals surface area contributed by atoms with E-state index in [-0.39, 0.29) is 18.3 Å². The minimum absolute atomic E-state index is 0.0699. The van der Waals surface area contributed by atoms with Crippen LogP contribution >= 0.6 is 0 Å². The first-order valence-electron chi connectivity index (χ1n) is 6.17. The predicted octanol–water partition coefficient (Wildman–Crippen LogP) is 2.11. The fourth-order valence-electron chi connectivity index (χ4n) is 2.12. The lowest BCUT2D eigenvalue weighted by Crippen LogP contribution is -2.24. The number of rotatable bonds is 3. The van der Waals surface area contributed by atoms with Crippen molar-refractivity contribution in [3.63, 3.8) is 0 Å². The van der Waals surface area contributed by atoms with E-state index in [2.05, 4.69) is 0 Å². The zero-order valence-corrected chi connectivity index (χ0v) is 11.4. The molecule has 19 heavy (non-hydrogen) atoms. The van der Waals surface area contributed by atoms with E-state index >= 15 is 0 Å². The SMILES string of the molecule is CC1=C(OC(=O)CN(C)C)c2ccccc2C(=O)C1. The predicted molar refractivity (Wildman–Crippen MR) is 72.6 cm³/mol. The smallest absolute Gasteiger partial charge is 0.325 e. The van der Waals surface area contributed by atoms with Gasteiger partial charge in [0.05, 0.1) is 6.54 Å². The minimum atomic E-state index is -0.316. The van der Waals surface area contributed by atoms with E-state index in [9.17, 15) is 9.59 Å². The standard InChI is InChI=1S/C15H17NO3/c1-10-8-13(17)11-6-4-5-7-12(11)15(10)19-14(18)9-16(2)3/h4-7H,8-9H2,1-3H3. The summed E-state index contributed by atoms with van der Waals surface area (Å²) < 4.78 is 5.44. The average molecular weight is 259 g/mol. The van der Waals surface area contributed by atoms with Gasteiger partial charge in [0.25, 0.3) is 0 Å². The molecular formula is C15H17NO3. The van der Waals surface area contributed by atoms with E-state index in [4.69, 9.17) is 4.74 Å². The molecule has 100 valence electrons. The number of ketones is 1. The van der Waals surface area contributed by atoms with E-state index in [1.165, 1.54) is 0 Å². The van der Waals surface area contributed by atoms with Gasteiger partial charge in [0.2, 0.25) is 0 Å². The van der Waals surface area contributed by atoms with Crippen LogP contribution in [0.25, 0.3) is 5.76 Å². The molecule has 0 atom stereocenters. The Morgan fingerprint density at radius 2 is 1.89 bits per heavy atom. The molecule has 1 aromatic rings. The normalized spacial score (nSPS) is 14.6. The van der Waals surface area contributed by atoms with Crippen LogP contribution in [-0.4, -0.2) is 37.3 Å². The number of carbonyl (C=O) groups excluding carboxylic acids is 2. The maximum Gasteiger partial charge on any atom is 0.325 e. The Balaban J connectivity index is 2.31. The van der Waals surface area contributed by atoms with E-state index in [0.29, 0.717) is 23.3 Å². The molecule has 0 radical (unpaired) electrons. The first-order valence-corrected chi connectivity index (χ1v) is 6.17. The molecule has 0 heterocycles. The maximum absolute atomic E-state index is 11.9. The topological polar surface area (TPSA) is 46.6 Å². The van der Waals surface area contributed by atoms with E-state index in [1.807, 2.05) is 25.1 Å². The Kier molecular flexibility index (Phi) is 3.81. The van der Waals surface area contributed by atoms with Gasteiger partial charge in [-0.2, -0.15) is 0 Å². The van der Waals surface area contributed by atoms with Crippen molar-refractivity contribution in [1.82, 2.24) is 4.90 Å². The third-order valence-corrected chi connectivity index (χ3v) is 2.95. The second-order valence-corrected chi connectivity index (χ2v) is 4.97. The largest absolute Gasteiger partial charge is 0.425 e. The zero-order valence-electron chi connectivity index (χ0n) is 11.4. The Labute approximate surface area is 112 Å². The number of benzene rings is 1. The lowest BCUT2D eigenvalue weighted by molar-refractivity contribution is -0.137. The van der Waals surface area contributed by atoms with Gasteiger partial charge in [0.15, 0.2) is 5.78 Å². The maximum atomic E-state index is 11.9. The molecule has 0 aliphatic heterocycles. The molecule has 0 bridgehead atoms. The number of nitrogens with zero attached hydrogens (tertiary/aromatic N) is 1. The Morgan fingerprint density at radius 3 is 2.53 bits per heavy atom. The van der Waals surface area contributed by atoms with E-state index in [1.54, 1.807) is 25.1 Å². The lowest BCUT2D eigenvalue weighted by atomic mass is 9.90. The van der Waals surface area contributed by atoms with Crippen molar-refractivity contribution in [2.24, 2.45) is 0 Å². The fraction of sp³-hybridized carbons (Fsp3) is 0.333. The van der Waals surface area contributed by atoms with Gasteiger partial charge in [0, 0.05) is 17.5 Å². The molecule has 4 heteroatoms. The Morgan fingerprint density at radius 1 is 1.26 bits per heavy atom. The minimum Gasteiger partial charge on any atom is -0.425 e. The summed E-state index contributed by atoms with van der Waals surface area (Å²) in [6.07, 6.45) is 0.307. The van der Waals surface area contributed by atoms with Gasteiger partial charge in [-0.05, 0) is 26.6 Å². The monoisotopic (exact) mass is 259 g/mol. The molecular weight excluding hydrogens is 242 g/mol. The van der Waals surface area contributed by atoms with Gasteiger partial charge in [-0.1, -0.05) is 24.3 Å². The van der Waals surface area contributed by atoms with Crippen molar-refractivity contribution >= 4 is 17.5 Å². The van der Waals surface area contributed by atoms with Crippen molar-refractivity contribution in [2.75, 3.05) is 20.6 Å². The van der Waals surface area contributed by atoms with Crippen LogP contribution < -0.4 is 0 Å². The summed E-state index contributed by atoms with van der Waals surface area (Å²) in [6, 6.07) is 7.24. The van der Waals surface area contributed by atoms with Gasteiger partial charge in [-0.3, -0.25) is 14.5 Å². The van der Waals surface area contributed by atoms with Crippen LogP contribution in [0, 0.1) is 0 Å². The third-order valence-electron chi connectivity index (χ3n) is 2.95. The Bertz CT molecular complexity index is 558. The van der Waals surface area contributed by atoms with Crippen molar-refractivity contribution in [3.8, 4) is 0 Å². The first-order chi connectivity index (χ1) is 8.99. The number of Topliss-reactive ketones (excluding diaryl/α,β-unsaturated/α-hetero) is 1. The summed E-state index contributed by atoms with van der Waals surface area (Å²) in [7, 11) is 3.61. The highest BCUT2D eigenvalue weighted by Crippen LogP contribution is 2.31. The van der Waals surface area contributed by atoms with Crippen molar-refractivity contribution < 1.29 is 14.3 Å². The summed E-state index contributed by atoms with van der Waals surface area (Å²) in [5.74, 6) is 0.283. The molecule has 0 N–H and O–H groups in total. The van der Waals surface area contributed by atoms with Crippen LogP contribution in [0.2, 0.25) is 0 Å². The number of likely N-dealkylation sites (N-methyl/N-ethyl adjacent to an activating group) is 1. The first kappa shape index (κ1) is 13.5. The second kappa shape index (κ2) is 5.36. The van der Waals surface area contributed by atoms with Crippen molar-refractivity contribution in [1.29, 1.82) is 0 Å². The van der Waals surface area contributed by atoms with Crippen LogP contribution in [0.15, 0.2) is 29.8 Å². The molecule has 0 unspecified atom stereocenters. The summed E-state index contributed by atoms with van der Waals surface area (Å²) in [6.45, 7) is 2.04. The Hall–Kier alpha value is -1.94. The number of hydrogen-bond acceptors (Lipinski definition) is 4. The molecule has 1 aliphatic rings. The quantitative estimate of drug-likeness (QED) is 0.780. The molecule has 1 aromatic carbocycles. The number of carbonyl (C=O) groups is 2. The highest BCUT2D eigenvalue weighted by molar-refractivity contribution is 6.05. The van der Waals surface area contributed by atoms with Gasteiger partial charge >= 0.3 is 5.97 Å². The van der Waals surface area contributed by atoms with Crippen molar-refractivity contribution in [2.45, 2.75) is 13.3 Å². The average Bonchev–Trinajstić information content (AvgIpc) is 2.33. The van der Waals surface area contributed by atoms with Crippen LogP contribution in [0.3, 0.4) is 0 Å². The molecule has 0 spiro atoms. The molecule has 4 nitrogen and oxygen atoms in total. The number of allylic oxidation sites excluding steroid dienone is 1. The van der Waals surface area contributed by atoms with Crippen molar-refractivity contribution in [3.05, 3.63) is 41.0 Å². The molecule has 2 rings (SSSR count). The summed E-state index contributed by atoms with van der Waals surface area (Å²) >= 11 is 0. The van der Waals surface area contributed by atoms with E-state index in [0.717, 1.165) is 5.57 Å². The third kappa shape index (κ3) is 2.90. The van der Waals surface area contributed by atoms with Gasteiger partial charge < -0.3 is 4.74 Å². The molecule has 0 saturated heterocycles. The van der Waals surface area contributed by atoms with Crippen LogP contribution in [0.5, 0.6) is 0 Å². The molecule has 0 saturated carbocycles. The number of hydrogen-bond donors (Lipinski definition) is 0. The number of esters is 1. The number of ether oxygens (including phenoxy) is 1. The summed E-state index contributed by atoms with van der Waals surface area (Å²) in [5.41, 5.74) is 2.14. The molecule has 0 aromatic heterocycles. The molecule has 0 amide bonds. The van der Waals surface area contributed by atoms with Crippen LogP contribution in [0.1, 0.15) is 29.3 Å². The lowest BCUT2D eigenvalue weighted by Gasteiger charge is -2.20. The summed E-state index contributed by atoms with van der Waals surface area (Å²) in [4.78, 5) is 25.4. The van der Waals surface area contributed by atoms with Crippen LogP contribution in [-0.2, 0) is 9.53 Å². The molecule has 1 aliphatic carbocycles. The fourth-order valence-corrected chi connectivity index (χ4v) is 2.12. The highest BCUT2D eigenvalue weighted by Gasteiger charge is 2.25. The zero-order chi connectivity index (χ0) is 14.0. The van der Waals surface area contributed by atoms with Gasteiger partial charge in [0.1, 0.15) is 5.76 Å². The van der Waals surface area contributed by atoms with Gasteiger partial charge in [-0.25, -0.2) is 0 Å².